The lowest BCUT2D eigenvalue weighted by Gasteiger charge is -2.05. The molecule has 1 aliphatic carbocycles. The summed E-state index contributed by atoms with van der Waals surface area (Å²) in [5.41, 5.74) is 7.74. The van der Waals surface area contributed by atoms with Gasteiger partial charge in [0.05, 0.1) is 0 Å². The molecule has 0 aliphatic heterocycles. The topological polar surface area (TPSA) is 43.1 Å². The number of fused-ring (bicyclic) bond motifs is 3. The molecule has 1 aliphatic rings. The van der Waals surface area contributed by atoms with Crippen LogP contribution in [0.15, 0.2) is 36.4 Å². The lowest BCUT2D eigenvalue weighted by Crippen LogP contribution is -2.05. The summed E-state index contributed by atoms with van der Waals surface area (Å²) in [6, 6.07) is 11.8. The summed E-state index contributed by atoms with van der Waals surface area (Å²) in [6.45, 7) is 0. The minimum absolute atomic E-state index is 0.114. The SMILES string of the molecule is NC1CC(=O)c2c1ccc1ccccc21. The Balaban J connectivity index is 2.44. The maximum absolute atomic E-state index is 11.8. The second kappa shape index (κ2) is 2.91. The molecule has 2 heteroatoms. The highest BCUT2D eigenvalue weighted by Gasteiger charge is 2.27. The van der Waals surface area contributed by atoms with E-state index in [4.69, 9.17) is 5.73 Å². The lowest BCUT2D eigenvalue weighted by molar-refractivity contribution is 0.0991. The summed E-state index contributed by atoms with van der Waals surface area (Å²) in [6.07, 6.45) is 0.448. The molecular weight excluding hydrogens is 186 g/mol. The van der Waals surface area contributed by atoms with E-state index < -0.39 is 0 Å². The Labute approximate surface area is 87.7 Å². The molecule has 0 heterocycles. The van der Waals surface area contributed by atoms with Gasteiger partial charge in [0.2, 0.25) is 0 Å². The molecule has 0 radical (unpaired) electrons. The summed E-state index contributed by atoms with van der Waals surface area (Å²) < 4.78 is 0. The first-order chi connectivity index (χ1) is 7.27. The first-order valence-corrected chi connectivity index (χ1v) is 5.08. The Kier molecular flexibility index (Phi) is 1.67. The van der Waals surface area contributed by atoms with Crippen LogP contribution in [0.4, 0.5) is 0 Å². The molecule has 2 aromatic rings. The molecule has 0 saturated carbocycles. The maximum Gasteiger partial charge on any atom is 0.165 e. The Bertz CT molecular complexity index is 559. The third-order valence-corrected chi connectivity index (χ3v) is 3.04. The van der Waals surface area contributed by atoms with Crippen molar-refractivity contribution < 1.29 is 4.79 Å². The number of benzene rings is 2. The predicted octanol–water partition coefficient (Wildman–Crippen LogP) is 2.43. The van der Waals surface area contributed by atoms with Crippen LogP contribution < -0.4 is 5.73 Å². The molecular formula is C13H11NO. The fraction of sp³-hybridized carbons (Fsp3) is 0.154. The molecule has 2 aromatic carbocycles. The molecule has 0 fully saturated rings. The molecule has 15 heavy (non-hydrogen) atoms. The van der Waals surface area contributed by atoms with E-state index in [1.807, 2.05) is 36.4 Å². The Morgan fingerprint density at radius 2 is 1.93 bits per heavy atom. The smallest absolute Gasteiger partial charge is 0.165 e. The van der Waals surface area contributed by atoms with Crippen molar-refractivity contribution in [1.29, 1.82) is 0 Å². The van der Waals surface area contributed by atoms with Crippen molar-refractivity contribution in [1.82, 2.24) is 0 Å². The Hall–Kier alpha value is -1.67. The zero-order valence-corrected chi connectivity index (χ0v) is 8.23. The van der Waals surface area contributed by atoms with Gasteiger partial charge in [-0.15, -0.1) is 0 Å². The normalized spacial score (nSPS) is 19.5. The molecule has 2 N–H and O–H groups in total. The molecule has 1 unspecified atom stereocenters. The number of ketones is 1. The van der Waals surface area contributed by atoms with Gasteiger partial charge in [0.15, 0.2) is 5.78 Å². The molecule has 2 nitrogen and oxygen atoms in total. The largest absolute Gasteiger partial charge is 0.324 e. The zero-order valence-electron chi connectivity index (χ0n) is 8.23. The number of nitrogens with two attached hydrogens (primary N) is 1. The van der Waals surface area contributed by atoms with E-state index in [0.717, 1.165) is 21.9 Å². The minimum Gasteiger partial charge on any atom is -0.324 e. The summed E-state index contributed by atoms with van der Waals surface area (Å²) in [7, 11) is 0. The first-order valence-electron chi connectivity index (χ1n) is 5.08. The Morgan fingerprint density at radius 3 is 2.80 bits per heavy atom. The van der Waals surface area contributed by atoms with E-state index >= 15 is 0 Å². The van der Waals surface area contributed by atoms with Crippen LogP contribution in [0.2, 0.25) is 0 Å². The van der Waals surface area contributed by atoms with Crippen LogP contribution in [0.3, 0.4) is 0 Å². The molecule has 74 valence electrons. The van der Waals surface area contributed by atoms with Gasteiger partial charge in [-0.1, -0.05) is 36.4 Å². The average Bonchev–Trinajstić information content (AvgIpc) is 2.55. The Morgan fingerprint density at radius 1 is 1.13 bits per heavy atom. The lowest BCUT2D eigenvalue weighted by atomic mass is 10.00. The molecule has 0 bridgehead atoms. The van der Waals surface area contributed by atoms with E-state index in [0.29, 0.717) is 6.42 Å². The second-order valence-electron chi connectivity index (χ2n) is 3.98. The van der Waals surface area contributed by atoms with E-state index in [2.05, 4.69) is 0 Å². The fourth-order valence-corrected chi connectivity index (χ4v) is 2.32. The van der Waals surface area contributed by atoms with Crippen LogP contribution in [0, 0.1) is 0 Å². The number of carbonyl (C=O) groups excluding carboxylic acids is 1. The molecule has 0 saturated heterocycles. The van der Waals surface area contributed by atoms with Gasteiger partial charge in [-0.25, -0.2) is 0 Å². The number of Topliss-reactive ketones (excluding diaryl/α,β-unsaturated/α-hetero) is 1. The van der Waals surface area contributed by atoms with E-state index in [1.54, 1.807) is 0 Å². The molecule has 0 spiro atoms. The fourth-order valence-electron chi connectivity index (χ4n) is 2.32. The van der Waals surface area contributed by atoms with Crippen LogP contribution in [-0.4, -0.2) is 5.78 Å². The van der Waals surface area contributed by atoms with Crippen molar-refractivity contribution in [3.63, 3.8) is 0 Å². The third kappa shape index (κ3) is 1.12. The van der Waals surface area contributed by atoms with Gasteiger partial charge >= 0.3 is 0 Å². The summed E-state index contributed by atoms with van der Waals surface area (Å²) in [5.74, 6) is 0.175. The summed E-state index contributed by atoms with van der Waals surface area (Å²) in [4.78, 5) is 11.8. The molecule has 3 rings (SSSR count). The van der Waals surface area contributed by atoms with Gasteiger partial charge in [-0.3, -0.25) is 4.79 Å². The van der Waals surface area contributed by atoms with Crippen LogP contribution in [0.5, 0.6) is 0 Å². The van der Waals surface area contributed by atoms with E-state index in [-0.39, 0.29) is 11.8 Å². The first kappa shape index (κ1) is 8.62. The third-order valence-electron chi connectivity index (χ3n) is 3.04. The average molecular weight is 197 g/mol. The highest BCUT2D eigenvalue weighted by Crippen LogP contribution is 2.34. The standard InChI is InChI=1S/C13H11NO/c14-11-7-12(15)13-9-4-2-1-3-8(9)5-6-10(11)13/h1-6,11H,7,14H2. The van der Waals surface area contributed by atoms with Gasteiger partial charge < -0.3 is 5.73 Å². The van der Waals surface area contributed by atoms with Gasteiger partial charge in [0.1, 0.15) is 0 Å². The van der Waals surface area contributed by atoms with Crippen LogP contribution in [0.25, 0.3) is 10.8 Å². The maximum atomic E-state index is 11.8. The highest BCUT2D eigenvalue weighted by molar-refractivity contribution is 6.12. The predicted molar refractivity (Wildman–Crippen MR) is 59.8 cm³/mol. The quantitative estimate of drug-likeness (QED) is 0.704. The van der Waals surface area contributed by atoms with Gasteiger partial charge in [0, 0.05) is 18.0 Å². The molecule has 0 aromatic heterocycles. The number of hydrogen-bond donors (Lipinski definition) is 1. The van der Waals surface area contributed by atoms with Crippen molar-refractivity contribution in [3.05, 3.63) is 47.5 Å². The zero-order chi connectivity index (χ0) is 10.4. The highest BCUT2D eigenvalue weighted by atomic mass is 16.1. The van der Waals surface area contributed by atoms with Gasteiger partial charge in [0.25, 0.3) is 0 Å². The number of rotatable bonds is 0. The summed E-state index contributed by atoms with van der Waals surface area (Å²) >= 11 is 0. The number of hydrogen-bond acceptors (Lipinski definition) is 2. The van der Waals surface area contributed by atoms with Crippen LogP contribution in [-0.2, 0) is 0 Å². The van der Waals surface area contributed by atoms with Crippen LogP contribution in [0.1, 0.15) is 28.4 Å². The molecule has 1 atom stereocenters. The van der Waals surface area contributed by atoms with Gasteiger partial charge in [-0.2, -0.15) is 0 Å². The van der Waals surface area contributed by atoms with Gasteiger partial charge in [-0.05, 0) is 16.3 Å². The van der Waals surface area contributed by atoms with Crippen molar-refractivity contribution in [2.75, 3.05) is 0 Å². The summed E-state index contributed by atoms with van der Waals surface area (Å²) in [5, 5.41) is 2.15. The van der Waals surface area contributed by atoms with Crippen molar-refractivity contribution >= 4 is 16.6 Å². The van der Waals surface area contributed by atoms with Crippen molar-refractivity contribution in [3.8, 4) is 0 Å². The van der Waals surface area contributed by atoms with Crippen molar-refractivity contribution in [2.24, 2.45) is 5.73 Å². The minimum atomic E-state index is -0.114. The van der Waals surface area contributed by atoms with E-state index in [9.17, 15) is 4.79 Å². The number of carbonyl (C=O) groups is 1. The monoisotopic (exact) mass is 197 g/mol. The van der Waals surface area contributed by atoms with Crippen molar-refractivity contribution in [2.45, 2.75) is 12.5 Å². The molecule has 0 amide bonds. The van der Waals surface area contributed by atoms with E-state index in [1.165, 1.54) is 0 Å². The van der Waals surface area contributed by atoms with Crippen LogP contribution >= 0.6 is 0 Å². The second-order valence-corrected chi connectivity index (χ2v) is 3.98.